The Morgan fingerprint density at radius 1 is 1.30 bits per heavy atom. The van der Waals surface area contributed by atoms with Crippen molar-refractivity contribution in [2.24, 2.45) is 0 Å². The number of nitrogens with one attached hydrogen (secondary N) is 2. The van der Waals surface area contributed by atoms with Crippen molar-refractivity contribution >= 4 is 28.8 Å². The largest absolute Gasteiger partial charge is 0.458 e. The summed E-state index contributed by atoms with van der Waals surface area (Å²) in [5.74, 6) is 0.0640. The minimum atomic E-state index is -0.759. The van der Waals surface area contributed by atoms with Crippen LogP contribution in [-0.4, -0.2) is 28.6 Å². The first-order valence-electron chi connectivity index (χ1n) is 7.31. The molecule has 0 aliphatic heterocycles. The van der Waals surface area contributed by atoms with Gasteiger partial charge in [-0.25, -0.2) is 14.6 Å². The van der Waals surface area contributed by atoms with E-state index in [1.54, 1.807) is 52.8 Å². The molecule has 0 unspecified atom stereocenters. The lowest BCUT2D eigenvalue weighted by Gasteiger charge is -2.22. The fourth-order valence-corrected chi connectivity index (χ4v) is 1.93. The van der Waals surface area contributed by atoms with Gasteiger partial charge in [0.05, 0.1) is 0 Å². The number of carbonyl (C=O) groups is 2. The van der Waals surface area contributed by atoms with Gasteiger partial charge in [-0.1, -0.05) is 0 Å². The van der Waals surface area contributed by atoms with Crippen molar-refractivity contribution in [2.75, 3.05) is 5.32 Å². The Labute approximate surface area is 134 Å². The minimum Gasteiger partial charge on any atom is -0.458 e. The standard InChI is InChI=1S/C16H21N3O4/c1-9(14(20)23-16(3,4)5)17-15(21)19-11-6-7-12-13(8-11)22-10(2)18-12/h6-9H,1-5H3,(H2,17,19,21)/t9-/m0/s1. The van der Waals surface area contributed by atoms with Crippen molar-refractivity contribution in [1.29, 1.82) is 0 Å². The van der Waals surface area contributed by atoms with Gasteiger partial charge in [-0.3, -0.25) is 0 Å². The molecule has 124 valence electrons. The molecule has 1 aromatic carbocycles. The molecule has 7 nitrogen and oxygen atoms in total. The van der Waals surface area contributed by atoms with E-state index in [-0.39, 0.29) is 0 Å². The number of urea groups is 1. The quantitative estimate of drug-likeness (QED) is 0.848. The highest BCUT2D eigenvalue weighted by Crippen LogP contribution is 2.19. The molecule has 2 N–H and O–H groups in total. The number of carbonyl (C=O) groups excluding carboxylic acids is 2. The number of aromatic nitrogens is 1. The molecule has 1 atom stereocenters. The highest BCUT2D eigenvalue weighted by Gasteiger charge is 2.23. The molecule has 0 aliphatic rings. The summed E-state index contributed by atoms with van der Waals surface area (Å²) in [7, 11) is 0. The van der Waals surface area contributed by atoms with Gasteiger partial charge in [-0.15, -0.1) is 0 Å². The van der Waals surface area contributed by atoms with E-state index in [0.717, 1.165) is 5.52 Å². The molecule has 0 radical (unpaired) electrons. The predicted molar refractivity (Wildman–Crippen MR) is 86.2 cm³/mol. The van der Waals surface area contributed by atoms with Crippen molar-refractivity contribution in [3.05, 3.63) is 24.1 Å². The van der Waals surface area contributed by atoms with Crippen LogP contribution in [0.25, 0.3) is 11.1 Å². The third-order valence-corrected chi connectivity index (χ3v) is 2.86. The molecular formula is C16H21N3O4. The van der Waals surface area contributed by atoms with Crippen LogP contribution in [0.5, 0.6) is 0 Å². The van der Waals surface area contributed by atoms with Crippen molar-refractivity contribution in [2.45, 2.75) is 46.3 Å². The number of hydrogen-bond acceptors (Lipinski definition) is 5. The van der Waals surface area contributed by atoms with Crippen LogP contribution in [0.15, 0.2) is 22.6 Å². The average Bonchev–Trinajstić information content (AvgIpc) is 2.75. The Morgan fingerprint density at radius 3 is 2.65 bits per heavy atom. The van der Waals surface area contributed by atoms with Crippen molar-refractivity contribution < 1.29 is 18.7 Å². The summed E-state index contributed by atoms with van der Waals surface area (Å²) in [6, 6.07) is 3.87. The van der Waals surface area contributed by atoms with Gasteiger partial charge in [-0.05, 0) is 39.8 Å². The third kappa shape index (κ3) is 4.70. The topological polar surface area (TPSA) is 93.5 Å². The maximum atomic E-state index is 12.0. The van der Waals surface area contributed by atoms with Crippen molar-refractivity contribution in [3.8, 4) is 0 Å². The highest BCUT2D eigenvalue weighted by molar-refractivity contribution is 5.94. The van der Waals surface area contributed by atoms with Gasteiger partial charge in [0, 0.05) is 18.7 Å². The number of anilines is 1. The molecule has 7 heteroatoms. The van der Waals surface area contributed by atoms with Crippen LogP contribution in [0.1, 0.15) is 33.6 Å². The summed E-state index contributed by atoms with van der Waals surface area (Å²) in [4.78, 5) is 28.0. The Balaban J connectivity index is 1.96. The fraction of sp³-hybridized carbons (Fsp3) is 0.438. The van der Waals surface area contributed by atoms with Crippen LogP contribution in [0, 0.1) is 6.92 Å². The summed E-state index contributed by atoms with van der Waals surface area (Å²) >= 11 is 0. The Morgan fingerprint density at radius 2 is 2.00 bits per heavy atom. The Hall–Kier alpha value is -2.57. The van der Waals surface area contributed by atoms with E-state index in [1.807, 2.05) is 0 Å². The predicted octanol–water partition coefficient (Wildman–Crippen LogP) is 2.99. The van der Waals surface area contributed by atoms with Crippen LogP contribution in [0.3, 0.4) is 0 Å². The summed E-state index contributed by atoms with van der Waals surface area (Å²) in [6.45, 7) is 8.63. The second-order valence-corrected chi connectivity index (χ2v) is 6.27. The smallest absolute Gasteiger partial charge is 0.328 e. The number of oxazole rings is 1. The van der Waals surface area contributed by atoms with Gasteiger partial charge < -0.3 is 19.8 Å². The van der Waals surface area contributed by atoms with Gasteiger partial charge in [0.1, 0.15) is 17.2 Å². The number of rotatable bonds is 3. The summed E-state index contributed by atoms with van der Waals surface area (Å²) in [5.41, 5.74) is 1.25. The Bertz CT molecular complexity index is 730. The van der Waals surface area contributed by atoms with E-state index in [9.17, 15) is 9.59 Å². The number of hydrogen-bond donors (Lipinski definition) is 2. The van der Waals surface area contributed by atoms with Gasteiger partial charge in [0.2, 0.25) is 0 Å². The normalized spacial score (nSPS) is 12.7. The van der Waals surface area contributed by atoms with Crippen LogP contribution in [0.2, 0.25) is 0 Å². The van der Waals surface area contributed by atoms with Crippen LogP contribution < -0.4 is 10.6 Å². The zero-order valence-corrected chi connectivity index (χ0v) is 13.9. The second kappa shape index (κ2) is 6.28. The summed E-state index contributed by atoms with van der Waals surface area (Å²) < 4.78 is 10.6. The van der Waals surface area contributed by atoms with E-state index in [2.05, 4.69) is 15.6 Å². The second-order valence-electron chi connectivity index (χ2n) is 6.27. The SMILES string of the molecule is Cc1nc2ccc(NC(=O)N[C@@H](C)C(=O)OC(C)(C)C)cc2o1. The van der Waals surface area contributed by atoms with Crippen molar-refractivity contribution in [3.63, 3.8) is 0 Å². The number of esters is 1. The lowest BCUT2D eigenvalue weighted by atomic mass is 10.2. The molecular weight excluding hydrogens is 298 g/mol. The molecule has 0 saturated carbocycles. The molecule has 1 aromatic heterocycles. The molecule has 0 bridgehead atoms. The van der Waals surface area contributed by atoms with E-state index in [4.69, 9.17) is 9.15 Å². The minimum absolute atomic E-state index is 0.492. The first-order valence-corrected chi connectivity index (χ1v) is 7.31. The molecule has 0 fully saturated rings. The van der Waals surface area contributed by atoms with Crippen LogP contribution in [0.4, 0.5) is 10.5 Å². The lowest BCUT2D eigenvalue weighted by Crippen LogP contribution is -2.43. The molecule has 0 saturated heterocycles. The van der Waals surface area contributed by atoms with E-state index in [0.29, 0.717) is 17.2 Å². The highest BCUT2D eigenvalue weighted by atomic mass is 16.6. The fourth-order valence-electron chi connectivity index (χ4n) is 1.93. The number of benzene rings is 1. The van der Waals surface area contributed by atoms with Gasteiger partial charge in [0.25, 0.3) is 0 Å². The van der Waals surface area contributed by atoms with E-state index >= 15 is 0 Å². The van der Waals surface area contributed by atoms with Crippen LogP contribution in [-0.2, 0) is 9.53 Å². The molecule has 0 aliphatic carbocycles. The third-order valence-electron chi connectivity index (χ3n) is 2.86. The number of fused-ring (bicyclic) bond motifs is 1. The number of aryl methyl sites for hydroxylation is 1. The van der Waals surface area contributed by atoms with Gasteiger partial charge in [-0.2, -0.15) is 0 Å². The zero-order valence-electron chi connectivity index (χ0n) is 13.9. The molecule has 2 aromatic rings. The van der Waals surface area contributed by atoms with Gasteiger partial charge >= 0.3 is 12.0 Å². The summed E-state index contributed by atoms with van der Waals surface area (Å²) in [5, 5.41) is 5.18. The first kappa shape index (κ1) is 16.8. The molecule has 1 heterocycles. The number of amides is 2. The van der Waals surface area contributed by atoms with E-state index < -0.39 is 23.6 Å². The van der Waals surface area contributed by atoms with Crippen LogP contribution >= 0.6 is 0 Å². The molecule has 23 heavy (non-hydrogen) atoms. The monoisotopic (exact) mass is 319 g/mol. The lowest BCUT2D eigenvalue weighted by molar-refractivity contribution is -0.156. The number of ether oxygens (including phenoxy) is 1. The molecule has 2 amide bonds. The zero-order chi connectivity index (χ0) is 17.2. The average molecular weight is 319 g/mol. The van der Waals surface area contributed by atoms with Gasteiger partial charge in [0.15, 0.2) is 11.5 Å². The molecule has 2 rings (SSSR count). The first-order chi connectivity index (χ1) is 10.6. The maximum Gasteiger partial charge on any atom is 0.328 e. The summed E-state index contributed by atoms with van der Waals surface area (Å²) in [6.07, 6.45) is 0. The Kier molecular flexibility index (Phi) is 4.58. The van der Waals surface area contributed by atoms with Crippen molar-refractivity contribution in [1.82, 2.24) is 10.3 Å². The van der Waals surface area contributed by atoms with E-state index in [1.165, 1.54) is 0 Å². The number of nitrogens with zero attached hydrogens (tertiary/aromatic N) is 1. The maximum absolute atomic E-state index is 12.0. The molecule has 0 spiro atoms.